The van der Waals surface area contributed by atoms with Gasteiger partial charge in [0.15, 0.2) is 0 Å². The van der Waals surface area contributed by atoms with Crippen molar-refractivity contribution in [3.8, 4) is 5.75 Å². The summed E-state index contributed by atoms with van der Waals surface area (Å²) < 4.78 is 5.13. The van der Waals surface area contributed by atoms with Crippen LogP contribution < -0.4 is 10.5 Å². The quantitative estimate of drug-likeness (QED) is 0.795. The van der Waals surface area contributed by atoms with E-state index in [0.29, 0.717) is 6.42 Å². The van der Waals surface area contributed by atoms with E-state index in [2.05, 4.69) is 0 Å². The molecule has 3 nitrogen and oxygen atoms in total. The molecule has 0 spiro atoms. The highest BCUT2D eigenvalue weighted by atomic mass is 35.5. The fourth-order valence-electron chi connectivity index (χ4n) is 1.38. The van der Waals surface area contributed by atoms with Gasteiger partial charge in [0, 0.05) is 0 Å². The molecule has 0 aliphatic carbocycles. The van der Waals surface area contributed by atoms with Crippen molar-refractivity contribution in [3.05, 3.63) is 29.3 Å². The summed E-state index contributed by atoms with van der Waals surface area (Å²) in [7, 11) is 1.62. The zero-order valence-electron chi connectivity index (χ0n) is 8.79. The molecule has 15 heavy (non-hydrogen) atoms. The molecule has 1 rings (SSSR count). The van der Waals surface area contributed by atoms with E-state index in [1.54, 1.807) is 7.11 Å². The van der Waals surface area contributed by atoms with E-state index in [9.17, 15) is 4.79 Å². The van der Waals surface area contributed by atoms with Crippen LogP contribution in [-0.4, -0.2) is 18.4 Å². The number of amides is 1. The van der Waals surface area contributed by atoms with Gasteiger partial charge in [0.05, 0.1) is 7.11 Å². The van der Waals surface area contributed by atoms with Crippen LogP contribution >= 0.6 is 11.6 Å². The maximum Gasteiger partial charge on any atom is 0.235 e. The predicted octanol–water partition coefficient (Wildman–Crippen LogP) is 1.64. The fraction of sp³-hybridized carbons (Fsp3) is 0.364. The monoisotopic (exact) mass is 227 g/mol. The largest absolute Gasteiger partial charge is 0.496 e. The highest BCUT2D eigenvalue weighted by molar-refractivity contribution is 6.30. The Morgan fingerprint density at radius 2 is 2.27 bits per heavy atom. The second-order valence-electron chi connectivity index (χ2n) is 3.38. The molecule has 1 aromatic carbocycles. The number of primary amides is 1. The Morgan fingerprint density at radius 1 is 1.60 bits per heavy atom. The van der Waals surface area contributed by atoms with Gasteiger partial charge in [0.1, 0.15) is 11.1 Å². The van der Waals surface area contributed by atoms with Gasteiger partial charge in [-0.2, -0.15) is 0 Å². The van der Waals surface area contributed by atoms with Gasteiger partial charge in [-0.3, -0.25) is 4.79 Å². The van der Waals surface area contributed by atoms with Gasteiger partial charge in [0.2, 0.25) is 5.91 Å². The summed E-state index contributed by atoms with van der Waals surface area (Å²) in [5.74, 6) is 0.328. The Hall–Kier alpha value is -1.22. The maximum absolute atomic E-state index is 10.8. The topological polar surface area (TPSA) is 52.3 Å². The van der Waals surface area contributed by atoms with Gasteiger partial charge in [-0.15, -0.1) is 11.6 Å². The summed E-state index contributed by atoms with van der Waals surface area (Å²) in [4.78, 5) is 10.8. The Balaban J connectivity index is 2.79. The van der Waals surface area contributed by atoms with Crippen LogP contribution in [0, 0.1) is 6.92 Å². The van der Waals surface area contributed by atoms with Crippen LogP contribution in [0.25, 0.3) is 0 Å². The molecule has 0 aliphatic rings. The number of rotatable bonds is 4. The lowest BCUT2D eigenvalue weighted by Gasteiger charge is -2.09. The minimum Gasteiger partial charge on any atom is -0.496 e. The molecule has 1 aromatic rings. The van der Waals surface area contributed by atoms with Gasteiger partial charge < -0.3 is 10.5 Å². The molecule has 4 heteroatoms. The van der Waals surface area contributed by atoms with E-state index in [1.165, 1.54) is 0 Å². The van der Waals surface area contributed by atoms with Crippen molar-refractivity contribution >= 4 is 17.5 Å². The summed E-state index contributed by atoms with van der Waals surface area (Å²) in [6, 6.07) is 5.68. The van der Waals surface area contributed by atoms with Gasteiger partial charge in [0.25, 0.3) is 0 Å². The average molecular weight is 228 g/mol. The first-order valence-electron chi connectivity index (χ1n) is 4.61. The molecular formula is C11H14ClNO2. The first-order chi connectivity index (χ1) is 7.04. The third-order valence-corrected chi connectivity index (χ3v) is 2.55. The van der Waals surface area contributed by atoms with Crippen molar-refractivity contribution in [3.63, 3.8) is 0 Å². The maximum atomic E-state index is 10.8. The Kier molecular flexibility index (Phi) is 3.97. The summed E-state index contributed by atoms with van der Waals surface area (Å²) >= 11 is 5.77. The molecule has 0 bridgehead atoms. The smallest absolute Gasteiger partial charge is 0.235 e. The third-order valence-electron chi connectivity index (χ3n) is 2.18. The van der Waals surface area contributed by atoms with Crippen LogP contribution in [0.15, 0.2) is 18.2 Å². The number of nitrogens with two attached hydrogens (primary N) is 1. The number of hydrogen-bond donors (Lipinski definition) is 1. The standard InChI is InChI=1S/C11H14ClNO2/c1-7-5-8(3-4-10(7)15-2)6-9(12)11(13)14/h3-5,9H,6H2,1-2H3,(H2,13,14). The normalized spacial score (nSPS) is 12.2. The number of benzene rings is 1. The molecule has 0 heterocycles. The highest BCUT2D eigenvalue weighted by Crippen LogP contribution is 2.20. The zero-order valence-corrected chi connectivity index (χ0v) is 9.54. The number of halogens is 1. The lowest BCUT2D eigenvalue weighted by molar-refractivity contribution is -0.117. The number of alkyl halides is 1. The number of methoxy groups -OCH3 is 1. The van der Waals surface area contributed by atoms with Crippen molar-refractivity contribution in [2.24, 2.45) is 5.73 Å². The molecule has 1 amide bonds. The molecule has 0 saturated heterocycles. The van der Waals surface area contributed by atoms with Crippen LogP contribution in [0.5, 0.6) is 5.75 Å². The molecule has 1 atom stereocenters. The lowest BCUT2D eigenvalue weighted by Crippen LogP contribution is -2.25. The van der Waals surface area contributed by atoms with Crippen molar-refractivity contribution in [1.82, 2.24) is 0 Å². The molecule has 0 fully saturated rings. The summed E-state index contributed by atoms with van der Waals surface area (Å²) in [5.41, 5.74) is 7.08. The van der Waals surface area contributed by atoms with E-state index >= 15 is 0 Å². The van der Waals surface area contributed by atoms with Crippen LogP contribution in [0.2, 0.25) is 0 Å². The number of carbonyl (C=O) groups excluding carboxylic acids is 1. The molecule has 0 radical (unpaired) electrons. The van der Waals surface area contributed by atoms with Gasteiger partial charge in [-0.1, -0.05) is 12.1 Å². The highest BCUT2D eigenvalue weighted by Gasteiger charge is 2.12. The van der Waals surface area contributed by atoms with E-state index < -0.39 is 11.3 Å². The van der Waals surface area contributed by atoms with E-state index in [4.69, 9.17) is 22.1 Å². The van der Waals surface area contributed by atoms with Crippen LogP contribution in [0.1, 0.15) is 11.1 Å². The molecule has 0 aromatic heterocycles. The first kappa shape index (κ1) is 11.9. The van der Waals surface area contributed by atoms with Crippen LogP contribution in [-0.2, 0) is 11.2 Å². The molecule has 82 valence electrons. The number of ether oxygens (including phenoxy) is 1. The van der Waals surface area contributed by atoms with E-state index in [0.717, 1.165) is 16.9 Å². The van der Waals surface area contributed by atoms with Crippen LogP contribution in [0.4, 0.5) is 0 Å². The van der Waals surface area contributed by atoms with Crippen molar-refractivity contribution in [2.75, 3.05) is 7.11 Å². The average Bonchev–Trinajstić information content (AvgIpc) is 2.18. The fourth-order valence-corrected chi connectivity index (χ4v) is 1.55. The minimum atomic E-state index is -0.655. The lowest BCUT2D eigenvalue weighted by atomic mass is 10.1. The predicted molar refractivity (Wildman–Crippen MR) is 60.3 cm³/mol. The first-order valence-corrected chi connectivity index (χ1v) is 5.05. The number of aryl methyl sites for hydroxylation is 1. The van der Waals surface area contributed by atoms with Crippen molar-refractivity contribution in [2.45, 2.75) is 18.7 Å². The second kappa shape index (κ2) is 5.03. The SMILES string of the molecule is COc1ccc(CC(Cl)C(N)=O)cc1C. The molecule has 0 aliphatic heterocycles. The Morgan fingerprint density at radius 3 is 2.73 bits per heavy atom. The number of hydrogen-bond acceptors (Lipinski definition) is 2. The van der Waals surface area contributed by atoms with Gasteiger partial charge in [-0.25, -0.2) is 0 Å². The third kappa shape index (κ3) is 3.13. The van der Waals surface area contributed by atoms with Crippen molar-refractivity contribution in [1.29, 1.82) is 0 Å². The summed E-state index contributed by atoms with van der Waals surface area (Å²) in [6.45, 7) is 1.94. The molecule has 2 N–H and O–H groups in total. The molecule has 1 unspecified atom stereocenters. The Labute approximate surface area is 94.2 Å². The number of carbonyl (C=O) groups is 1. The van der Waals surface area contributed by atoms with Crippen molar-refractivity contribution < 1.29 is 9.53 Å². The molecular weight excluding hydrogens is 214 g/mol. The van der Waals surface area contributed by atoms with E-state index in [-0.39, 0.29) is 0 Å². The molecule has 0 saturated carbocycles. The van der Waals surface area contributed by atoms with Gasteiger partial charge >= 0.3 is 0 Å². The summed E-state index contributed by atoms with van der Waals surface area (Å²) in [6.07, 6.45) is 0.446. The minimum absolute atomic E-state index is 0.446. The zero-order chi connectivity index (χ0) is 11.4. The van der Waals surface area contributed by atoms with Crippen LogP contribution in [0.3, 0.4) is 0 Å². The van der Waals surface area contributed by atoms with E-state index in [1.807, 2.05) is 25.1 Å². The summed E-state index contributed by atoms with van der Waals surface area (Å²) in [5, 5.41) is -0.655. The Bertz CT molecular complexity index is 366. The van der Waals surface area contributed by atoms with Gasteiger partial charge in [-0.05, 0) is 30.5 Å². The second-order valence-corrected chi connectivity index (χ2v) is 3.90.